The molecule has 2 N–H and O–H groups in total. The molecule has 2 atom stereocenters. The molecule has 0 saturated carbocycles. The number of halogens is 1. The molecular formula is C26H27FN4O5. The Balaban J connectivity index is 1.34. The van der Waals surface area contributed by atoms with Crippen LogP contribution in [-0.4, -0.2) is 53.9 Å². The predicted molar refractivity (Wildman–Crippen MR) is 128 cm³/mol. The maximum absolute atomic E-state index is 13.6. The summed E-state index contributed by atoms with van der Waals surface area (Å²) in [6.45, 7) is 1.88. The van der Waals surface area contributed by atoms with Gasteiger partial charge in [-0.1, -0.05) is 12.1 Å². The third-order valence-electron chi connectivity index (χ3n) is 7.30. The molecule has 10 heteroatoms. The molecule has 9 nitrogen and oxygen atoms in total. The van der Waals surface area contributed by atoms with Crippen LogP contribution in [0.2, 0.25) is 0 Å². The number of carbonyl (C=O) groups is 4. The van der Waals surface area contributed by atoms with Gasteiger partial charge in [-0.25, -0.2) is 18.9 Å². The number of rotatable bonds is 4. The van der Waals surface area contributed by atoms with Crippen molar-refractivity contribution in [3.63, 3.8) is 0 Å². The second-order valence-electron chi connectivity index (χ2n) is 9.41. The van der Waals surface area contributed by atoms with E-state index in [-0.39, 0.29) is 30.2 Å². The lowest BCUT2D eigenvalue weighted by Crippen LogP contribution is -2.44. The first-order valence-corrected chi connectivity index (χ1v) is 12.0. The van der Waals surface area contributed by atoms with E-state index in [1.54, 1.807) is 36.1 Å². The van der Waals surface area contributed by atoms with E-state index in [0.29, 0.717) is 24.2 Å². The van der Waals surface area contributed by atoms with Crippen LogP contribution in [0.25, 0.3) is 0 Å². The molecule has 2 aromatic rings. The summed E-state index contributed by atoms with van der Waals surface area (Å²) in [5.41, 5.74) is 2.08. The van der Waals surface area contributed by atoms with Crippen molar-refractivity contribution in [2.75, 3.05) is 25.5 Å². The molecule has 1 aliphatic carbocycles. The molecule has 0 unspecified atom stereocenters. The maximum Gasteiger partial charge on any atom is 0.418 e. The smallest absolute Gasteiger partial charge is 0.418 e. The minimum Gasteiger partial charge on any atom is -0.427 e. The second kappa shape index (κ2) is 8.92. The van der Waals surface area contributed by atoms with Crippen LogP contribution in [0.5, 0.6) is 0 Å². The second-order valence-corrected chi connectivity index (χ2v) is 9.41. The first-order chi connectivity index (χ1) is 17.2. The quantitative estimate of drug-likeness (QED) is 0.678. The van der Waals surface area contributed by atoms with Gasteiger partial charge in [0.25, 0.3) is 5.91 Å². The van der Waals surface area contributed by atoms with Crippen LogP contribution in [0.4, 0.5) is 19.7 Å². The molecular weight excluding hydrogens is 467 g/mol. The van der Waals surface area contributed by atoms with Crippen molar-refractivity contribution >= 4 is 29.6 Å². The molecule has 5 amide bonds. The molecule has 36 heavy (non-hydrogen) atoms. The van der Waals surface area contributed by atoms with Crippen molar-refractivity contribution in [1.82, 2.24) is 15.1 Å². The maximum atomic E-state index is 13.6. The highest BCUT2D eigenvalue weighted by Crippen LogP contribution is 2.46. The van der Waals surface area contributed by atoms with Gasteiger partial charge in [0.15, 0.2) is 0 Å². The lowest BCUT2D eigenvalue weighted by molar-refractivity contribution is -0.142. The predicted octanol–water partition coefficient (Wildman–Crippen LogP) is 3.37. The van der Waals surface area contributed by atoms with Crippen LogP contribution in [0.15, 0.2) is 36.4 Å². The highest BCUT2D eigenvalue weighted by atomic mass is 19.1. The molecule has 188 valence electrons. The van der Waals surface area contributed by atoms with Crippen molar-refractivity contribution in [2.45, 2.75) is 44.2 Å². The van der Waals surface area contributed by atoms with Crippen LogP contribution >= 0.6 is 0 Å². The van der Waals surface area contributed by atoms with Crippen LogP contribution in [0, 0.1) is 12.7 Å². The minimum atomic E-state index is -1.46. The Hall–Kier alpha value is -3.95. The number of urea groups is 1. The molecule has 2 fully saturated rings. The monoisotopic (exact) mass is 494 g/mol. The summed E-state index contributed by atoms with van der Waals surface area (Å²) < 4.78 is 19.2. The average molecular weight is 495 g/mol. The van der Waals surface area contributed by atoms with Crippen molar-refractivity contribution in [3.05, 3.63) is 64.5 Å². The highest BCUT2D eigenvalue weighted by Gasteiger charge is 2.58. The van der Waals surface area contributed by atoms with Gasteiger partial charge in [0.2, 0.25) is 11.5 Å². The molecule has 0 aromatic heterocycles. The van der Waals surface area contributed by atoms with E-state index in [1.807, 2.05) is 0 Å². The number of benzene rings is 2. The molecule has 0 bridgehead atoms. The van der Waals surface area contributed by atoms with Gasteiger partial charge in [-0.15, -0.1) is 0 Å². The summed E-state index contributed by atoms with van der Waals surface area (Å²) >= 11 is 0. The number of anilines is 1. The summed E-state index contributed by atoms with van der Waals surface area (Å²) in [5, 5.41) is 5.16. The lowest BCUT2D eigenvalue weighted by Gasteiger charge is -2.27. The fourth-order valence-electron chi connectivity index (χ4n) is 5.55. The molecule has 0 radical (unpaired) electrons. The SMILES string of the molecule is CNC(=O)Nc1ccc2c(c1)CC[C@@]21OC(=O)N(CC(=O)N2CCC[C@H]2c2ccc(F)cc2C)C1=O. The summed E-state index contributed by atoms with van der Waals surface area (Å²) in [4.78, 5) is 53.8. The van der Waals surface area contributed by atoms with Crippen molar-refractivity contribution in [3.8, 4) is 0 Å². The zero-order valence-electron chi connectivity index (χ0n) is 20.1. The lowest BCUT2D eigenvalue weighted by atomic mass is 9.94. The van der Waals surface area contributed by atoms with Crippen LogP contribution in [0.3, 0.4) is 0 Å². The summed E-state index contributed by atoms with van der Waals surface area (Å²) in [5.74, 6) is -1.25. The Morgan fingerprint density at radius 1 is 1.19 bits per heavy atom. The number of amides is 5. The number of hydrogen-bond donors (Lipinski definition) is 2. The minimum absolute atomic E-state index is 0.237. The number of nitrogens with one attached hydrogen (secondary N) is 2. The Bertz CT molecular complexity index is 1280. The largest absolute Gasteiger partial charge is 0.427 e. The van der Waals surface area contributed by atoms with E-state index in [1.165, 1.54) is 19.2 Å². The van der Waals surface area contributed by atoms with Gasteiger partial charge in [0.05, 0.1) is 6.04 Å². The number of imide groups is 1. The normalized spacial score (nSPS) is 22.7. The molecule has 2 aromatic carbocycles. The van der Waals surface area contributed by atoms with Crippen molar-refractivity contribution < 1.29 is 28.3 Å². The van der Waals surface area contributed by atoms with Crippen LogP contribution in [-0.2, 0) is 26.3 Å². The Morgan fingerprint density at radius 2 is 2.00 bits per heavy atom. The first-order valence-electron chi connectivity index (χ1n) is 12.0. The number of nitrogens with zero attached hydrogens (tertiary/aromatic N) is 2. The Labute approximate surface area is 207 Å². The van der Waals surface area contributed by atoms with Crippen molar-refractivity contribution in [1.29, 1.82) is 0 Å². The van der Waals surface area contributed by atoms with Gasteiger partial charge >= 0.3 is 12.1 Å². The topological polar surface area (TPSA) is 108 Å². The van der Waals surface area contributed by atoms with E-state index in [4.69, 9.17) is 4.74 Å². The molecule has 3 aliphatic rings. The number of aryl methyl sites for hydroxylation is 2. The van der Waals surface area contributed by atoms with E-state index >= 15 is 0 Å². The average Bonchev–Trinajstić information content (AvgIpc) is 3.53. The van der Waals surface area contributed by atoms with E-state index in [9.17, 15) is 23.6 Å². The number of ether oxygens (including phenoxy) is 1. The molecule has 5 rings (SSSR count). The zero-order chi connectivity index (χ0) is 25.6. The van der Waals surface area contributed by atoms with Gasteiger partial charge in [0, 0.05) is 31.3 Å². The van der Waals surface area contributed by atoms with Crippen LogP contribution < -0.4 is 10.6 Å². The van der Waals surface area contributed by atoms with Crippen molar-refractivity contribution in [2.24, 2.45) is 0 Å². The number of carbonyl (C=O) groups excluding carboxylic acids is 4. The third kappa shape index (κ3) is 3.86. The van der Waals surface area contributed by atoms with Gasteiger partial charge in [-0.3, -0.25) is 9.59 Å². The standard InChI is InChI=1S/C26H27FN4O5/c1-15-12-17(27)5-7-19(15)21-4-3-11-30(21)22(32)14-31-23(33)26(36-25(31)35)10-9-16-13-18(6-8-20(16)26)29-24(34)28-2/h5-8,12-13,21H,3-4,9-11,14H2,1-2H3,(H2,28,29,34)/t21-,26+/m0/s1. The third-order valence-corrected chi connectivity index (χ3v) is 7.30. The van der Waals surface area contributed by atoms with Gasteiger partial charge in [0.1, 0.15) is 12.4 Å². The summed E-state index contributed by atoms with van der Waals surface area (Å²) in [6, 6.07) is 8.98. The fourth-order valence-corrected chi connectivity index (χ4v) is 5.55. The Kier molecular flexibility index (Phi) is 5.89. The first kappa shape index (κ1) is 23.8. The zero-order valence-corrected chi connectivity index (χ0v) is 20.1. The molecule has 2 heterocycles. The number of fused-ring (bicyclic) bond motifs is 2. The fraction of sp³-hybridized carbons (Fsp3) is 0.385. The summed E-state index contributed by atoms with van der Waals surface area (Å²) in [7, 11) is 1.51. The Morgan fingerprint density at radius 3 is 2.75 bits per heavy atom. The van der Waals surface area contributed by atoms with E-state index < -0.39 is 24.1 Å². The van der Waals surface area contributed by atoms with E-state index in [2.05, 4.69) is 10.6 Å². The molecule has 2 saturated heterocycles. The highest BCUT2D eigenvalue weighted by molar-refractivity contribution is 6.06. The van der Waals surface area contributed by atoms with Crippen LogP contribution in [0.1, 0.15) is 47.6 Å². The van der Waals surface area contributed by atoms with Gasteiger partial charge < -0.3 is 20.3 Å². The number of likely N-dealkylation sites (tertiary alicyclic amines) is 1. The van der Waals surface area contributed by atoms with Gasteiger partial charge in [-0.05, 0) is 67.1 Å². The molecule has 2 aliphatic heterocycles. The van der Waals surface area contributed by atoms with Gasteiger partial charge in [-0.2, -0.15) is 0 Å². The number of hydrogen-bond acceptors (Lipinski definition) is 5. The van der Waals surface area contributed by atoms with E-state index in [0.717, 1.165) is 34.4 Å². The molecule has 1 spiro atoms. The summed E-state index contributed by atoms with van der Waals surface area (Å²) in [6.07, 6.45) is 1.40.